The first kappa shape index (κ1) is 13.8. The number of aromatic nitrogens is 1. The lowest BCUT2D eigenvalue weighted by Gasteiger charge is -2.40. The molecule has 1 aliphatic heterocycles. The van der Waals surface area contributed by atoms with Crippen molar-refractivity contribution in [2.75, 3.05) is 31.6 Å². The van der Waals surface area contributed by atoms with Crippen LogP contribution in [0.5, 0.6) is 0 Å². The number of piperazine rings is 1. The first-order valence-electron chi connectivity index (χ1n) is 7.77. The minimum absolute atomic E-state index is 0.565. The summed E-state index contributed by atoms with van der Waals surface area (Å²) in [6.07, 6.45) is 4.73. The van der Waals surface area contributed by atoms with E-state index in [4.69, 9.17) is 0 Å². The topological polar surface area (TPSA) is 31.4 Å². The summed E-state index contributed by atoms with van der Waals surface area (Å²) in [6, 6.07) is 3.57. The molecule has 1 N–H and O–H groups in total. The van der Waals surface area contributed by atoms with E-state index in [0.29, 0.717) is 6.04 Å². The van der Waals surface area contributed by atoms with E-state index in [1.54, 1.807) is 0 Å². The maximum absolute atomic E-state index is 4.50. The van der Waals surface area contributed by atoms with Gasteiger partial charge in [0.05, 0.1) is 0 Å². The molecular formula is C16H26N4. The van der Waals surface area contributed by atoms with Crippen molar-refractivity contribution >= 4 is 5.69 Å². The summed E-state index contributed by atoms with van der Waals surface area (Å²) in [5, 5.41) is 3.62. The van der Waals surface area contributed by atoms with Crippen LogP contribution in [0.2, 0.25) is 0 Å². The highest BCUT2D eigenvalue weighted by Crippen LogP contribution is 2.26. The molecule has 4 nitrogen and oxygen atoms in total. The van der Waals surface area contributed by atoms with Crippen molar-refractivity contribution in [1.29, 1.82) is 0 Å². The Kier molecular flexibility index (Phi) is 3.94. The van der Waals surface area contributed by atoms with E-state index in [0.717, 1.165) is 37.9 Å². The van der Waals surface area contributed by atoms with Crippen LogP contribution in [0.25, 0.3) is 0 Å². The molecule has 2 heterocycles. The minimum Gasteiger partial charge on any atom is -0.366 e. The highest BCUT2D eigenvalue weighted by molar-refractivity contribution is 5.55. The van der Waals surface area contributed by atoms with E-state index in [1.165, 1.54) is 24.1 Å². The van der Waals surface area contributed by atoms with Gasteiger partial charge in [0.25, 0.3) is 0 Å². The van der Waals surface area contributed by atoms with Gasteiger partial charge in [0.15, 0.2) is 0 Å². The highest BCUT2D eigenvalue weighted by Gasteiger charge is 2.25. The lowest BCUT2D eigenvalue weighted by molar-refractivity contribution is 0.275. The van der Waals surface area contributed by atoms with Gasteiger partial charge in [-0.3, -0.25) is 4.98 Å². The Balaban J connectivity index is 1.80. The fourth-order valence-corrected chi connectivity index (χ4v) is 3.02. The second-order valence-corrected chi connectivity index (χ2v) is 6.41. The fourth-order valence-electron chi connectivity index (χ4n) is 3.02. The minimum atomic E-state index is 0.565. The number of aryl methyl sites for hydroxylation is 1. The van der Waals surface area contributed by atoms with E-state index >= 15 is 0 Å². The van der Waals surface area contributed by atoms with Crippen molar-refractivity contribution in [3.8, 4) is 0 Å². The molecule has 110 valence electrons. The van der Waals surface area contributed by atoms with Gasteiger partial charge in [-0.15, -0.1) is 0 Å². The number of nitrogens with one attached hydrogen (secondary N) is 1. The molecule has 3 rings (SSSR count). The molecule has 1 atom stereocenters. The SMILES string of the molecule is Cc1cc(N2CCN(C)CC2C)c(CNC2CC2)cn1. The van der Waals surface area contributed by atoms with Gasteiger partial charge in [0, 0.05) is 61.4 Å². The van der Waals surface area contributed by atoms with Crippen LogP contribution >= 0.6 is 0 Å². The van der Waals surface area contributed by atoms with Gasteiger partial charge in [-0.2, -0.15) is 0 Å². The van der Waals surface area contributed by atoms with E-state index in [2.05, 4.69) is 53.3 Å². The van der Waals surface area contributed by atoms with Crippen molar-refractivity contribution in [2.45, 2.75) is 45.3 Å². The number of anilines is 1. The Bertz CT molecular complexity index is 470. The summed E-state index contributed by atoms with van der Waals surface area (Å²) in [4.78, 5) is 9.46. The first-order valence-corrected chi connectivity index (χ1v) is 7.77. The molecule has 0 bridgehead atoms. The van der Waals surface area contributed by atoms with Crippen LogP contribution < -0.4 is 10.2 Å². The predicted octanol–water partition coefficient (Wildman–Crippen LogP) is 1.78. The number of likely N-dealkylation sites (N-methyl/N-ethyl adjacent to an activating group) is 1. The number of pyridine rings is 1. The zero-order valence-corrected chi connectivity index (χ0v) is 12.9. The first-order chi connectivity index (χ1) is 9.63. The molecule has 2 aliphatic rings. The van der Waals surface area contributed by atoms with Crippen LogP contribution in [0.15, 0.2) is 12.3 Å². The second kappa shape index (κ2) is 5.70. The Morgan fingerprint density at radius 3 is 2.85 bits per heavy atom. The van der Waals surface area contributed by atoms with Crippen LogP contribution in [0.1, 0.15) is 31.0 Å². The Labute approximate surface area is 122 Å². The molecule has 0 amide bonds. The number of hydrogen-bond donors (Lipinski definition) is 1. The average molecular weight is 274 g/mol. The Morgan fingerprint density at radius 1 is 1.35 bits per heavy atom. The van der Waals surface area contributed by atoms with Crippen LogP contribution in [0, 0.1) is 6.92 Å². The van der Waals surface area contributed by atoms with Crippen LogP contribution in [-0.4, -0.2) is 48.6 Å². The quantitative estimate of drug-likeness (QED) is 0.907. The van der Waals surface area contributed by atoms with E-state index in [9.17, 15) is 0 Å². The average Bonchev–Trinajstić information content (AvgIpc) is 3.21. The van der Waals surface area contributed by atoms with Gasteiger partial charge in [0.1, 0.15) is 0 Å². The van der Waals surface area contributed by atoms with E-state index in [1.807, 2.05) is 0 Å². The van der Waals surface area contributed by atoms with E-state index in [-0.39, 0.29) is 0 Å². The van der Waals surface area contributed by atoms with Crippen LogP contribution in [0.3, 0.4) is 0 Å². The molecule has 20 heavy (non-hydrogen) atoms. The van der Waals surface area contributed by atoms with Crippen molar-refractivity contribution in [1.82, 2.24) is 15.2 Å². The lowest BCUT2D eigenvalue weighted by atomic mass is 10.1. The molecule has 0 radical (unpaired) electrons. The summed E-state index contributed by atoms with van der Waals surface area (Å²) in [5.41, 5.74) is 3.84. The van der Waals surface area contributed by atoms with Crippen molar-refractivity contribution in [2.24, 2.45) is 0 Å². The Hall–Kier alpha value is -1.13. The van der Waals surface area contributed by atoms with Gasteiger partial charge in [-0.25, -0.2) is 0 Å². The molecule has 4 heteroatoms. The number of hydrogen-bond acceptors (Lipinski definition) is 4. The summed E-state index contributed by atoms with van der Waals surface area (Å²) >= 11 is 0. The van der Waals surface area contributed by atoms with Crippen molar-refractivity contribution in [3.05, 3.63) is 23.5 Å². The number of nitrogens with zero attached hydrogens (tertiary/aromatic N) is 3. The summed E-state index contributed by atoms with van der Waals surface area (Å²) in [7, 11) is 2.21. The molecule has 0 spiro atoms. The fraction of sp³-hybridized carbons (Fsp3) is 0.688. The summed E-state index contributed by atoms with van der Waals surface area (Å²) < 4.78 is 0. The zero-order chi connectivity index (χ0) is 14.1. The van der Waals surface area contributed by atoms with Gasteiger partial charge in [-0.1, -0.05) is 0 Å². The Morgan fingerprint density at radius 2 is 2.15 bits per heavy atom. The molecule has 1 aromatic heterocycles. The monoisotopic (exact) mass is 274 g/mol. The smallest absolute Gasteiger partial charge is 0.0448 e. The highest BCUT2D eigenvalue weighted by atomic mass is 15.3. The van der Waals surface area contributed by atoms with Crippen LogP contribution in [0.4, 0.5) is 5.69 Å². The standard InChI is InChI=1S/C16H26N4/c1-12-8-16(20-7-6-19(3)11-13(20)2)14(9-17-12)10-18-15-4-5-15/h8-9,13,15,18H,4-7,10-11H2,1-3H3. The van der Waals surface area contributed by atoms with Gasteiger partial charge >= 0.3 is 0 Å². The molecule has 1 aromatic rings. The molecule has 0 aromatic carbocycles. The molecular weight excluding hydrogens is 248 g/mol. The lowest BCUT2D eigenvalue weighted by Crippen LogP contribution is -2.51. The number of rotatable bonds is 4. The maximum Gasteiger partial charge on any atom is 0.0448 e. The third kappa shape index (κ3) is 3.13. The molecule has 1 saturated heterocycles. The second-order valence-electron chi connectivity index (χ2n) is 6.41. The van der Waals surface area contributed by atoms with Gasteiger partial charge in [0.2, 0.25) is 0 Å². The predicted molar refractivity (Wildman–Crippen MR) is 83.1 cm³/mol. The van der Waals surface area contributed by atoms with Crippen LogP contribution in [-0.2, 0) is 6.54 Å². The maximum atomic E-state index is 4.50. The molecule has 2 fully saturated rings. The third-order valence-electron chi connectivity index (χ3n) is 4.40. The third-order valence-corrected chi connectivity index (χ3v) is 4.40. The van der Waals surface area contributed by atoms with Gasteiger partial charge < -0.3 is 15.1 Å². The molecule has 1 aliphatic carbocycles. The van der Waals surface area contributed by atoms with E-state index < -0.39 is 0 Å². The largest absolute Gasteiger partial charge is 0.366 e. The molecule has 1 unspecified atom stereocenters. The summed E-state index contributed by atoms with van der Waals surface area (Å²) in [5.74, 6) is 0. The molecule has 1 saturated carbocycles. The summed E-state index contributed by atoms with van der Waals surface area (Å²) in [6.45, 7) is 8.74. The zero-order valence-electron chi connectivity index (χ0n) is 12.9. The normalized spacial score (nSPS) is 24.1. The van der Waals surface area contributed by atoms with Crippen molar-refractivity contribution < 1.29 is 0 Å². The van der Waals surface area contributed by atoms with Gasteiger partial charge in [-0.05, 0) is 39.8 Å². The van der Waals surface area contributed by atoms with Crippen molar-refractivity contribution in [3.63, 3.8) is 0 Å².